The summed E-state index contributed by atoms with van der Waals surface area (Å²) >= 11 is 0. The third-order valence-electron chi connectivity index (χ3n) is 4.94. The van der Waals surface area contributed by atoms with Gasteiger partial charge in [-0.1, -0.05) is 50.2 Å². The summed E-state index contributed by atoms with van der Waals surface area (Å²) in [5, 5.41) is 0. The lowest BCUT2D eigenvalue weighted by Gasteiger charge is -2.26. The second-order valence-corrected chi connectivity index (χ2v) is 13.6. The number of hydrogen-bond donors (Lipinski definition) is 0. The molecule has 0 saturated carbocycles. The van der Waals surface area contributed by atoms with Crippen LogP contribution in [0.15, 0.2) is 58.3 Å². The average molecular weight is 540 g/mol. The summed E-state index contributed by atoms with van der Waals surface area (Å²) in [6.45, 7) is 10.2. The number of rotatable bonds is 7. The van der Waals surface area contributed by atoms with Crippen molar-refractivity contribution in [3.8, 4) is 0 Å². The molecule has 0 N–H and O–H groups in total. The van der Waals surface area contributed by atoms with E-state index in [4.69, 9.17) is 9.57 Å². The van der Waals surface area contributed by atoms with Gasteiger partial charge in [-0.25, -0.2) is 18.0 Å². The highest BCUT2D eigenvalue weighted by molar-refractivity contribution is 7.93. The predicted octanol–water partition coefficient (Wildman–Crippen LogP) is 4.48. The van der Waals surface area contributed by atoms with E-state index in [0.29, 0.717) is 11.5 Å². The van der Waals surface area contributed by atoms with Crippen LogP contribution in [0.2, 0.25) is 0 Å². The lowest BCUT2D eigenvalue weighted by atomic mass is 9.97. The average Bonchev–Trinajstić information content (AvgIpc) is 2.75. The summed E-state index contributed by atoms with van der Waals surface area (Å²) in [4.78, 5) is 29.7. The SMILES string of the molecule is CC(C)Cc1ccc(C(C)C(=O)ON(C(=O)OC(C)(C)C)S(=O)(=O)c2ccccc2S(C)(=O)=O)cc1. The smallest absolute Gasteiger partial charge is 0.441 e. The van der Waals surface area contributed by atoms with Gasteiger partial charge in [0.2, 0.25) is 0 Å². The summed E-state index contributed by atoms with van der Waals surface area (Å²) in [6, 6.07) is 11.9. The van der Waals surface area contributed by atoms with Crippen LogP contribution < -0.4 is 0 Å². The van der Waals surface area contributed by atoms with E-state index in [-0.39, 0.29) is 4.47 Å². The summed E-state index contributed by atoms with van der Waals surface area (Å²) in [5.41, 5.74) is 0.487. The highest BCUT2D eigenvalue weighted by atomic mass is 32.2. The van der Waals surface area contributed by atoms with E-state index in [1.807, 2.05) is 12.1 Å². The van der Waals surface area contributed by atoms with Crippen LogP contribution in [0.25, 0.3) is 0 Å². The number of sulfone groups is 1. The molecule has 0 fully saturated rings. The maximum absolute atomic E-state index is 13.5. The van der Waals surface area contributed by atoms with Crippen LogP contribution in [-0.4, -0.2) is 45.2 Å². The van der Waals surface area contributed by atoms with Crippen molar-refractivity contribution in [3.05, 3.63) is 59.7 Å². The normalized spacial score (nSPS) is 13.2. The fourth-order valence-electron chi connectivity index (χ4n) is 3.25. The molecule has 1 amide bonds. The molecule has 0 heterocycles. The van der Waals surface area contributed by atoms with Gasteiger partial charge in [-0.2, -0.15) is 8.42 Å². The number of nitrogens with zero attached hydrogens (tertiary/aromatic N) is 1. The lowest BCUT2D eigenvalue weighted by Crippen LogP contribution is -2.43. The van der Waals surface area contributed by atoms with Gasteiger partial charge in [0.1, 0.15) is 10.5 Å². The Labute approximate surface area is 213 Å². The van der Waals surface area contributed by atoms with Crippen molar-refractivity contribution >= 4 is 31.9 Å². The van der Waals surface area contributed by atoms with Crippen molar-refractivity contribution in [2.45, 2.75) is 69.3 Å². The van der Waals surface area contributed by atoms with E-state index in [1.165, 1.54) is 39.8 Å². The van der Waals surface area contributed by atoms with Crippen LogP contribution >= 0.6 is 0 Å². The maximum atomic E-state index is 13.5. The topological polar surface area (TPSA) is 124 Å². The van der Waals surface area contributed by atoms with Crippen molar-refractivity contribution in [2.75, 3.05) is 6.26 Å². The Balaban J connectivity index is 2.47. The standard InChI is InChI=1S/C25H33NO8S2/c1-17(2)16-19-12-14-20(15-13-19)18(3)23(27)34-26(24(28)33-25(4,5)6)36(31,32)22-11-9-8-10-21(22)35(7,29)30/h8-15,17-18H,16H2,1-7H3. The van der Waals surface area contributed by atoms with E-state index < -0.39 is 53.2 Å². The molecule has 2 aromatic carbocycles. The molecule has 0 aliphatic rings. The number of carbonyl (C=O) groups is 2. The molecule has 1 unspecified atom stereocenters. The molecule has 2 rings (SSSR count). The molecular formula is C25H33NO8S2. The van der Waals surface area contributed by atoms with Crippen molar-refractivity contribution in [1.82, 2.24) is 4.47 Å². The maximum Gasteiger partial charge on any atom is 0.459 e. The number of ether oxygens (including phenoxy) is 1. The zero-order valence-corrected chi connectivity index (χ0v) is 23.1. The van der Waals surface area contributed by atoms with Gasteiger partial charge in [0, 0.05) is 6.26 Å². The lowest BCUT2D eigenvalue weighted by molar-refractivity contribution is -0.168. The summed E-state index contributed by atoms with van der Waals surface area (Å²) in [7, 11) is -8.99. The molecule has 9 nitrogen and oxygen atoms in total. The molecule has 11 heteroatoms. The fourth-order valence-corrected chi connectivity index (χ4v) is 5.94. The minimum absolute atomic E-state index is 0.186. The van der Waals surface area contributed by atoms with E-state index >= 15 is 0 Å². The van der Waals surface area contributed by atoms with Gasteiger partial charge in [0.05, 0.1) is 10.8 Å². The van der Waals surface area contributed by atoms with Gasteiger partial charge >= 0.3 is 22.1 Å². The summed E-state index contributed by atoms with van der Waals surface area (Å²) in [6.07, 6.45) is 0.193. The minimum Gasteiger partial charge on any atom is -0.441 e. The minimum atomic E-state index is -4.98. The Morgan fingerprint density at radius 1 is 0.889 bits per heavy atom. The predicted molar refractivity (Wildman–Crippen MR) is 134 cm³/mol. The zero-order valence-electron chi connectivity index (χ0n) is 21.5. The van der Waals surface area contributed by atoms with E-state index in [2.05, 4.69) is 13.8 Å². The highest BCUT2D eigenvalue weighted by Crippen LogP contribution is 2.28. The summed E-state index contributed by atoms with van der Waals surface area (Å²) < 4.78 is 56.3. The van der Waals surface area contributed by atoms with Crippen LogP contribution in [0.3, 0.4) is 0 Å². The van der Waals surface area contributed by atoms with E-state index in [1.54, 1.807) is 12.1 Å². The fraction of sp³-hybridized carbons (Fsp3) is 0.440. The number of carbonyl (C=O) groups excluding carboxylic acids is 2. The Kier molecular flexibility index (Phi) is 8.96. The zero-order chi connectivity index (χ0) is 27.5. The monoisotopic (exact) mass is 539 g/mol. The first-order valence-electron chi connectivity index (χ1n) is 11.3. The second-order valence-electron chi connectivity index (χ2n) is 9.90. The molecule has 0 saturated heterocycles. The molecule has 0 aliphatic carbocycles. The first kappa shape index (κ1) is 29.3. The molecule has 0 radical (unpaired) electrons. The molecular weight excluding hydrogens is 506 g/mol. The first-order valence-corrected chi connectivity index (χ1v) is 14.6. The third kappa shape index (κ3) is 7.54. The number of benzene rings is 2. The molecule has 0 aromatic heterocycles. The summed E-state index contributed by atoms with van der Waals surface area (Å²) in [5.74, 6) is -1.54. The Bertz CT molecular complexity index is 1310. The van der Waals surface area contributed by atoms with E-state index in [9.17, 15) is 26.4 Å². The van der Waals surface area contributed by atoms with Crippen LogP contribution in [0.4, 0.5) is 4.79 Å². The quantitative estimate of drug-likeness (QED) is 0.472. The van der Waals surface area contributed by atoms with Gasteiger partial charge in [-0.05, 0) is 67.8 Å². The third-order valence-corrected chi connectivity index (χ3v) is 7.79. The van der Waals surface area contributed by atoms with Crippen molar-refractivity contribution in [3.63, 3.8) is 0 Å². The molecule has 0 spiro atoms. The molecule has 2 aromatic rings. The van der Waals surface area contributed by atoms with Crippen LogP contribution in [0, 0.1) is 5.92 Å². The van der Waals surface area contributed by atoms with Gasteiger partial charge in [-0.15, -0.1) is 0 Å². The van der Waals surface area contributed by atoms with E-state index in [0.717, 1.165) is 30.4 Å². The van der Waals surface area contributed by atoms with Gasteiger partial charge in [0.25, 0.3) is 0 Å². The van der Waals surface area contributed by atoms with Gasteiger partial charge < -0.3 is 9.57 Å². The number of hydrogen-bond acceptors (Lipinski definition) is 8. The van der Waals surface area contributed by atoms with Crippen molar-refractivity contribution in [2.24, 2.45) is 5.92 Å². The first-order chi connectivity index (χ1) is 16.4. The Hall–Kier alpha value is -2.92. The Morgan fingerprint density at radius 2 is 1.42 bits per heavy atom. The molecule has 36 heavy (non-hydrogen) atoms. The van der Waals surface area contributed by atoms with Gasteiger partial charge in [-0.3, -0.25) is 0 Å². The molecule has 1 atom stereocenters. The highest BCUT2D eigenvalue weighted by Gasteiger charge is 2.40. The molecule has 198 valence electrons. The second kappa shape index (κ2) is 11.0. The number of amides is 1. The molecule has 0 aliphatic heterocycles. The van der Waals surface area contributed by atoms with Gasteiger partial charge in [0.15, 0.2) is 9.84 Å². The van der Waals surface area contributed by atoms with Crippen LogP contribution in [0.1, 0.15) is 58.6 Å². The number of hydroxylamine groups is 1. The van der Waals surface area contributed by atoms with Crippen molar-refractivity contribution in [1.29, 1.82) is 0 Å². The Morgan fingerprint density at radius 3 is 1.89 bits per heavy atom. The largest absolute Gasteiger partial charge is 0.459 e. The van der Waals surface area contributed by atoms with Crippen molar-refractivity contribution < 1.29 is 36.0 Å². The van der Waals surface area contributed by atoms with Crippen LogP contribution in [0.5, 0.6) is 0 Å². The number of sulfonamides is 1. The van der Waals surface area contributed by atoms with Crippen LogP contribution in [-0.2, 0) is 40.7 Å². The molecule has 0 bridgehead atoms.